The Kier molecular flexibility index (Phi) is 3.93. The molecule has 2 aromatic carbocycles. The Hall–Kier alpha value is -2.95. The number of benzene rings is 2. The van der Waals surface area contributed by atoms with Gasteiger partial charge in [0.1, 0.15) is 11.6 Å². The third kappa shape index (κ3) is 3.13. The Morgan fingerprint density at radius 3 is 2.35 bits per heavy atom. The summed E-state index contributed by atoms with van der Waals surface area (Å²) in [4.78, 5) is 12.1. The third-order valence-corrected chi connectivity index (χ3v) is 3.54. The number of aromatic nitrogens is 1. The molecule has 1 N–H and O–H groups in total. The van der Waals surface area contributed by atoms with Gasteiger partial charge in [-0.15, -0.1) is 0 Å². The summed E-state index contributed by atoms with van der Waals surface area (Å²) in [5.74, 6) is -1.24. The molecule has 3 nitrogen and oxygen atoms in total. The van der Waals surface area contributed by atoms with Crippen LogP contribution in [0.2, 0.25) is 0 Å². The summed E-state index contributed by atoms with van der Waals surface area (Å²) in [5, 5.41) is 9.84. The Bertz CT molecular complexity index is 902. The predicted octanol–water partition coefficient (Wildman–Crippen LogP) is 3.55. The predicted molar refractivity (Wildman–Crippen MR) is 83.3 cm³/mol. The minimum atomic E-state index is -0.612. The van der Waals surface area contributed by atoms with E-state index in [-0.39, 0.29) is 12.4 Å². The molecule has 0 saturated heterocycles. The van der Waals surface area contributed by atoms with Crippen LogP contribution in [0.25, 0.3) is 11.1 Å². The van der Waals surface area contributed by atoms with Crippen molar-refractivity contribution in [3.05, 3.63) is 88.3 Å². The van der Waals surface area contributed by atoms with Gasteiger partial charge in [-0.2, -0.15) is 0 Å². The second kappa shape index (κ2) is 6.04. The van der Waals surface area contributed by atoms with Crippen molar-refractivity contribution in [2.45, 2.75) is 6.54 Å². The zero-order valence-corrected chi connectivity index (χ0v) is 12.0. The summed E-state index contributed by atoms with van der Waals surface area (Å²) < 4.78 is 28.0. The molecule has 0 saturated carbocycles. The van der Waals surface area contributed by atoms with E-state index in [1.54, 1.807) is 30.3 Å². The Morgan fingerprint density at radius 2 is 1.65 bits per heavy atom. The summed E-state index contributed by atoms with van der Waals surface area (Å²) in [7, 11) is 0. The van der Waals surface area contributed by atoms with E-state index in [1.165, 1.54) is 35.0 Å². The van der Waals surface area contributed by atoms with Crippen LogP contribution in [0.15, 0.2) is 65.6 Å². The van der Waals surface area contributed by atoms with Crippen molar-refractivity contribution in [1.29, 1.82) is 0 Å². The summed E-state index contributed by atoms with van der Waals surface area (Å²) in [6, 6.07) is 13.1. The van der Waals surface area contributed by atoms with Gasteiger partial charge in [-0.1, -0.05) is 30.3 Å². The highest BCUT2D eigenvalue weighted by Gasteiger charge is 2.10. The minimum Gasteiger partial charge on any atom is -0.503 e. The first-order valence-electron chi connectivity index (χ1n) is 6.97. The van der Waals surface area contributed by atoms with E-state index < -0.39 is 17.1 Å². The van der Waals surface area contributed by atoms with Gasteiger partial charge in [0, 0.05) is 17.3 Å². The lowest BCUT2D eigenvalue weighted by Crippen LogP contribution is -2.20. The molecule has 0 aliphatic rings. The highest BCUT2D eigenvalue weighted by molar-refractivity contribution is 5.63. The smallest absolute Gasteiger partial charge is 0.292 e. The van der Waals surface area contributed by atoms with Crippen molar-refractivity contribution in [2.24, 2.45) is 0 Å². The van der Waals surface area contributed by atoms with Crippen LogP contribution in [-0.2, 0) is 6.54 Å². The first kappa shape index (κ1) is 15.0. The van der Waals surface area contributed by atoms with Crippen LogP contribution in [0.5, 0.6) is 5.75 Å². The van der Waals surface area contributed by atoms with Crippen molar-refractivity contribution >= 4 is 0 Å². The molecule has 0 aliphatic heterocycles. The minimum absolute atomic E-state index is 0.00585. The highest BCUT2D eigenvalue weighted by atomic mass is 19.1. The van der Waals surface area contributed by atoms with Gasteiger partial charge in [0.25, 0.3) is 5.56 Å². The van der Waals surface area contributed by atoms with Crippen molar-refractivity contribution in [2.75, 3.05) is 0 Å². The molecule has 0 fully saturated rings. The first-order valence-corrected chi connectivity index (χ1v) is 6.97. The Morgan fingerprint density at radius 1 is 0.957 bits per heavy atom. The number of rotatable bonds is 3. The lowest BCUT2D eigenvalue weighted by atomic mass is 10.1. The number of halogens is 2. The fraction of sp³-hybridized carbons (Fsp3) is 0.0556. The van der Waals surface area contributed by atoms with Crippen LogP contribution in [0.4, 0.5) is 8.78 Å². The van der Waals surface area contributed by atoms with Crippen LogP contribution < -0.4 is 5.56 Å². The molecule has 116 valence electrons. The number of aromatic hydroxyl groups is 1. The van der Waals surface area contributed by atoms with Crippen molar-refractivity contribution in [3.63, 3.8) is 0 Å². The molecule has 1 heterocycles. The van der Waals surface area contributed by atoms with E-state index in [4.69, 9.17) is 0 Å². The van der Waals surface area contributed by atoms with E-state index >= 15 is 0 Å². The van der Waals surface area contributed by atoms with Gasteiger partial charge < -0.3 is 9.67 Å². The number of nitrogens with zero attached hydrogens (tertiary/aromatic N) is 1. The number of hydrogen-bond donors (Lipinski definition) is 1. The standard InChI is InChI=1S/C18H13F2NO2/c19-15-7-5-12(6-8-15)14-9-17(22)18(23)21(11-14)10-13-3-1-2-4-16(13)20/h1-9,11,22H,10H2. The van der Waals surface area contributed by atoms with Crippen LogP contribution >= 0.6 is 0 Å². The molecule has 3 aromatic rings. The molecule has 0 bridgehead atoms. The third-order valence-electron chi connectivity index (χ3n) is 3.54. The van der Waals surface area contributed by atoms with Crippen LogP contribution in [0.1, 0.15) is 5.56 Å². The maximum atomic E-state index is 13.8. The quantitative estimate of drug-likeness (QED) is 0.803. The van der Waals surface area contributed by atoms with E-state index in [1.807, 2.05) is 0 Å². The molecule has 0 unspecified atom stereocenters. The summed E-state index contributed by atoms with van der Waals surface area (Å²) in [6.07, 6.45) is 1.52. The van der Waals surface area contributed by atoms with E-state index in [9.17, 15) is 18.7 Å². The van der Waals surface area contributed by atoms with Gasteiger partial charge >= 0.3 is 0 Å². The van der Waals surface area contributed by atoms with E-state index in [2.05, 4.69) is 0 Å². The first-order chi connectivity index (χ1) is 11.0. The molecule has 0 spiro atoms. The molecule has 0 atom stereocenters. The molecular formula is C18H13F2NO2. The monoisotopic (exact) mass is 313 g/mol. The van der Waals surface area contributed by atoms with E-state index in [0.717, 1.165) is 0 Å². The highest BCUT2D eigenvalue weighted by Crippen LogP contribution is 2.22. The normalized spacial score (nSPS) is 10.7. The fourth-order valence-electron chi connectivity index (χ4n) is 2.35. The summed E-state index contributed by atoms with van der Waals surface area (Å²) in [5.41, 5.74) is 0.909. The Balaban J connectivity index is 2.05. The van der Waals surface area contributed by atoms with Gasteiger partial charge in [-0.05, 0) is 29.8 Å². The molecule has 0 amide bonds. The van der Waals surface area contributed by atoms with Gasteiger partial charge in [0.15, 0.2) is 5.75 Å². The summed E-state index contributed by atoms with van der Waals surface area (Å²) in [6.45, 7) is -0.00585. The van der Waals surface area contributed by atoms with Crippen molar-refractivity contribution < 1.29 is 13.9 Å². The van der Waals surface area contributed by atoms with Gasteiger partial charge in [0.05, 0.1) is 6.54 Å². The number of hydrogen-bond acceptors (Lipinski definition) is 2. The summed E-state index contributed by atoms with van der Waals surface area (Å²) >= 11 is 0. The topological polar surface area (TPSA) is 42.2 Å². The van der Waals surface area contributed by atoms with E-state index in [0.29, 0.717) is 16.7 Å². The van der Waals surface area contributed by atoms with Crippen molar-refractivity contribution in [1.82, 2.24) is 4.57 Å². The lowest BCUT2D eigenvalue weighted by Gasteiger charge is -2.10. The fourth-order valence-corrected chi connectivity index (χ4v) is 2.35. The zero-order chi connectivity index (χ0) is 16.4. The molecule has 3 rings (SSSR count). The van der Waals surface area contributed by atoms with Crippen LogP contribution in [0.3, 0.4) is 0 Å². The molecular weight excluding hydrogens is 300 g/mol. The lowest BCUT2D eigenvalue weighted by molar-refractivity contribution is 0.459. The zero-order valence-electron chi connectivity index (χ0n) is 12.0. The van der Waals surface area contributed by atoms with Gasteiger partial charge in [-0.3, -0.25) is 4.79 Å². The second-order valence-electron chi connectivity index (χ2n) is 5.15. The number of pyridine rings is 1. The van der Waals surface area contributed by atoms with Gasteiger partial charge in [0.2, 0.25) is 0 Å². The van der Waals surface area contributed by atoms with Gasteiger partial charge in [-0.25, -0.2) is 8.78 Å². The second-order valence-corrected chi connectivity index (χ2v) is 5.15. The maximum absolute atomic E-state index is 13.8. The largest absolute Gasteiger partial charge is 0.503 e. The van der Waals surface area contributed by atoms with Crippen LogP contribution in [-0.4, -0.2) is 9.67 Å². The SMILES string of the molecule is O=c1c(O)cc(-c2ccc(F)cc2)cn1Cc1ccccc1F. The molecule has 1 aromatic heterocycles. The molecule has 0 radical (unpaired) electrons. The Labute approximate surface area is 131 Å². The molecule has 0 aliphatic carbocycles. The van der Waals surface area contributed by atoms with Crippen molar-refractivity contribution in [3.8, 4) is 16.9 Å². The molecule has 5 heteroatoms. The average molecular weight is 313 g/mol. The maximum Gasteiger partial charge on any atom is 0.292 e. The average Bonchev–Trinajstić information content (AvgIpc) is 2.54. The molecule has 23 heavy (non-hydrogen) atoms. The van der Waals surface area contributed by atoms with Crippen LogP contribution in [0, 0.1) is 11.6 Å².